The largest absolute Gasteiger partial charge is 0.330 e. The first-order chi connectivity index (χ1) is 6.70. The number of aromatic nitrogens is 1. The van der Waals surface area contributed by atoms with Gasteiger partial charge in [-0.15, -0.1) is 0 Å². The SMILES string of the molecule is O=C1CNC(=O)N1c1ncccc1Br. The minimum Gasteiger partial charge on any atom is -0.328 e. The van der Waals surface area contributed by atoms with E-state index >= 15 is 0 Å². The van der Waals surface area contributed by atoms with Crippen molar-refractivity contribution in [2.24, 2.45) is 0 Å². The fourth-order valence-corrected chi connectivity index (χ4v) is 1.61. The predicted octanol–water partition coefficient (Wildman–Crippen LogP) is 0.900. The molecule has 0 aromatic carbocycles. The number of hydrogen-bond donors (Lipinski definition) is 1. The van der Waals surface area contributed by atoms with Crippen LogP contribution in [0.2, 0.25) is 0 Å². The van der Waals surface area contributed by atoms with Gasteiger partial charge in [-0.2, -0.15) is 0 Å². The third-order valence-electron chi connectivity index (χ3n) is 1.79. The van der Waals surface area contributed by atoms with Crippen LogP contribution in [0.1, 0.15) is 0 Å². The van der Waals surface area contributed by atoms with Crippen molar-refractivity contribution in [1.29, 1.82) is 0 Å². The molecule has 0 unspecified atom stereocenters. The van der Waals surface area contributed by atoms with Gasteiger partial charge in [-0.3, -0.25) is 4.79 Å². The highest BCUT2D eigenvalue weighted by molar-refractivity contribution is 9.10. The average Bonchev–Trinajstić information content (AvgIpc) is 2.48. The van der Waals surface area contributed by atoms with Gasteiger partial charge in [0.1, 0.15) is 0 Å². The quantitative estimate of drug-likeness (QED) is 0.759. The molecule has 2 rings (SSSR count). The molecule has 1 saturated heterocycles. The molecule has 0 aliphatic carbocycles. The number of anilines is 1. The summed E-state index contributed by atoms with van der Waals surface area (Å²) in [5.41, 5.74) is 0. The van der Waals surface area contributed by atoms with E-state index in [1.54, 1.807) is 12.1 Å². The van der Waals surface area contributed by atoms with Crippen molar-refractivity contribution in [2.75, 3.05) is 11.4 Å². The molecule has 5 nitrogen and oxygen atoms in total. The highest BCUT2D eigenvalue weighted by atomic mass is 79.9. The Morgan fingerprint density at radius 2 is 2.29 bits per heavy atom. The third kappa shape index (κ3) is 1.37. The Labute approximate surface area is 88.2 Å². The molecule has 1 aliphatic rings. The lowest BCUT2D eigenvalue weighted by Gasteiger charge is -2.11. The molecular formula is C8H6BrN3O2. The van der Waals surface area contributed by atoms with Crippen LogP contribution >= 0.6 is 15.9 Å². The molecule has 14 heavy (non-hydrogen) atoms. The number of nitrogens with one attached hydrogen (secondary N) is 1. The number of urea groups is 1. The van der Waals surface area contributed by atoms with Crippen molar-refractivity contribution in [2.45, 2.75) is 0 Å². The van der Waals surface area contributed by atoms with E-state index in [0.717, 1.165) is 4.90 Å². The van der Waals surface area contributed by atoms with Crippen LogP contribution in [0.15, 0.2) is 22.8 Å². The zero-order chi connectivity index (χ0) is 10.1. The minimum absolute atomic E-state index is 0.0296. The van der Waals surface area contributed by atoms with Crippen LogP contribution < -0.4 is 10.2 Å². The number of hydrogen-bond acceptors (Lipinski definition) is 3. The van der Waals surface area contributed by atoms with E-state index in [2.05, 4.69) is 26.2 Å². The van der Waals surface area contributed by atoms with Crippen molar-refractivity contribution < 1.29 is 9.59 Å². The number of nitrogens with zero attached hydrogens (tertiary/aromatic N) is 2. The molecule has 1 aromatic rings. The van der Waals surface area contributed by atoms with Crippen LogP contribution in [-0.2, 0) is 4.79 Å². The van der Waals surface area contributed by atoms with E-state index in [1.807, 2.05) is 0 Å². The first-order valence-corrected chi connectivity index (χ1v) is 4.71. The molecule has 72 valence electrons. The highest BCUT2D eigenvalue weighted by Gasteiger charge is 2.32. The van der Waals surface area contributed by atoms with Crippen LogP contribution in [0.4, 0.5) is 10.6 Å². The summed E-state index contributed by atoms with van der Waals surface area (Å²) in [6, 6.07) is 3.00. The molecule has 1 aliphatic heterocycles. The van der Waals surface area contributed by atoms with Crippen molar-refractivity contribution in [1.82, 2.24) is 10.3 Å². The summed E-state index contributed by atoms with van der Waals surface area (Å²) in [6.45, 7) is 0.0296. The standard InChI is InChI=1S/C8H6BrN3O2/c9-5-2-1-3-10-7(5)12-6(13)4-11-8(12)14/h1-3H,4H2,(H,11,14). The summed E-state index contributed by atoms with van der Waals surface area (Å²) in [5.74, 6) is 0.0295. The molecule has 2 heterocycles. The molecular weight excluding hydrogens is 250 g/mol. The van der Waals surface area contributed by atoms with Gasteiger partial charge in [-0.1, -0.05) is 0 Å². The summed E-state index contributed by atoms with van der Waals surface area (Å²) < 4.78 is 0.616. The maximum absolute atomic E-state index is 11.3. The Morgan fingerprint density at radius 3 is 2.86 bits per heavy atom. The number of imide groups is 1. The molecule has 1 fully saturated rings. The second-order valence-corrected chi connectivity index (χ2v) is 3.55. The van der Waals surface area contributed by atoms with Gasteiger partial charge in [0.25, 0.3) is 5.91 Å². The first kappa shape index (κ1) is 9.14. The molecule has 1 N–H and O–H groups in total. The molecule has 0 saturated carbocycles. The van der Waals surface area contributed by atoms with Crippen molar-refractivity contribution >= 4 is 33.7 Å². The maximum atomic E-state index is 11.3. The van der Waals surface area contributed by atoms with Gasteiger partial charge in [0.05, 0.1) is 11.0 Å². The van der Waals surface area contributed by atoms with E-state index in [9.17, 15) is 9.59 Å². The van der Waals surface area contributed by atoms with Gasteiger partial charge in [-0.25, -0.2) is 14.7 Å². The third-order valence-corrected chi connectivity index (χ3v) is 2.41. The zero-order valence-corrected chi connectivity index (χ0v) is 8.61. The number of pyridine rings is 1. The second-order valence-electron chi connectivity index (χ2n) is 2.70. The van der Waals surface area contributed by atoms with E-state index in [-0.39, 0.29) is 12.5 Å². The summed E-state index contributed by atoms with van der Waals surface area (Å²) in [7, 11) is 0. The van der Waals surface area contributed by atoms with Crippen molar-refractivity contribution in [3.05, 3.63) is 22.8 Å². The van der Waals surface area contributed by atoms with Gasteiger partial charge >= 0.3 is 6.03 Å². The van der Waals surface area contributed by atoms with Crippen LogP contribution in [0.25, 0.3) is 0 Å². The van der Waals surface area contributed by atoms with Crippen molar-refractivity contribution in [3.8, 4) is 0 Å². The number of halogens is 1. The summed E-state index contributed by atoms with van der Waals surface area (Å²) >= 11 is 3.22. The van der Waals surface area contributed by atoms with E-state index in [0.29, 0.717) is 10.3 Å². The first-order valence-electron chi connectivity index (χ1n) is 3.91. The van der Waals surface area contributed by atoms with Gasteiger partial charge < -0.3 is 5.32 Å². The van der Waals surface area contributed by atoms with E-state index in [4.69, 9.17) is 0 Å². The highest BCUT2D eigenvalue weighted by Crippen LogP contribution is 2.24. The summed E-state index contributed by atoms with van der Waals surface area (Å²) in [5, 5.41) is 2.42. The average molecular weight is 256 g/mol. The van der Waals surface area contributed by atoms with Crippen molar-refractivity contribution in [3.63, 3.8) is 0 Å². The minimum atomic E-state index is -0.436. The predicted molar refractivity (Wildman–Crippen MR) is 52.8 cm³/mol. The topological polar surface area (TPSA) is 62.3 Å². The molecule has 1 aromatic heterocycles. The maximum Gasteiger partial charge on any atom is 0.330 e. The number of rotatable bonds is 1. The molecule has 0 radical (unpaired) electrons. The van der Waals surface area contributed by atoms with Crippen LogP contribution in [0.5, 0.6) is 0 Å². The Kier molecular flexibility index (Phi) is 2.20. The smallest absolute Gasteiger partial charge is 0.328 e. The van der Waals surface area contributed by atoms with E-state index < -0.39 is 6.03 Å². The van der Waals surface area contributed by atoms with Gasteiger partial charge in [0.2, 0.25) is 0 Å². The van der Waals surface area contributed by atoms with Gasteiger partial charge in [-0.05, 0) is 28.1 Å². The monoisotopic (exact) mass is 255 g/mol. The fraction of sp³-hybridized carbons (Fsp3) is 0.125. The molecule has 0 atom stereocenters. The Balaban J connectivity index is 2.44. The summed E-state index contributed by atoms with van der Waals surface area (Å²) in [4.78, 5) is 27.6. The van der Waals surface area contributed by atoms with E-state index in [1.165, 1.54) is 6.20 Å². The fourth-order valence-electron chi connectivity index (χ4n) is 1.18. The van der Waals surface area contributed by atoms with Crippen LogP contribution in [0, 0.1) is 0 Å². The van der Waals surface area contributed by atoms with Gasteiger partial charge in [0, 0.05) is 6.20 Å². The Morgan fingerprint density at radius 1 is 1.50 bits per heavy atom. The second kappa shape index (κ2) is 3.38. The molecule has 0 bridgehead atoms. The zero-order valence-electron chi connectivity index (χ0n) is 7.03. The van der Waals surface area contributed by atoms with Gasteiger partial charge in [0.15, 0.2) is 5.82 Å². The molecule has 6 heteroatoms. The summed E-state index contributed by atoms with van der Waals surface area (Å²) in [6.07, 6.45) is 1.53. The molecule has 0 spiro atoms. The number of amides is 3. The Bertz CT molecular complexity index is 391. The Hall–Kier alpha value is -1.43. The lowest BCUT2D eigenvalue weighted by atomic mass is 10.4. The lowest BCUT2D eigenvalue weighted by Crippen LogP contribution is -2.31. The normalized spacial score (nSPS) is 15.9. The van der Waals surface area contributed by atoms with Crippen LogP contribution in [-0.4, -0.2) is 23.5 Å². The number of carbonyl (C=O) groups excluding carboxylic acids is 2. The van der Waals surface area contributed by atoms with Crippen LogP contribution in [0.3, 0.4) is 0 Å². The molecule has 3 amide bonds. The number of carbonyl (C=O) groups is 2. The lowest BCUT2D eigenvalue weighted by molar-refractivity contribution is -0.115.